The van der Waals surface area contributed by atoms with Gasteiger partial charge in [0.1, 0.15) is 24.4 Å². The summed E-state index contributed by atoms with van der Waals surface area (Å²) < 4.78 is 12.8. The van der Waals surface area contributed by atoms with Crippen LogP contribution in [0.4, 0.5) is 0 Å². The zero-order valence-corrected chi connectivity index (χ0v) is 27.1. The molecule has 0 radical (unpaired) electrons. The molecule has 4 heterocycles. The summed E-state index contributed by atoms with van der Waals surface area (Å²) in [4.78, 5) is 59.2. The van der Waals surface area contributed by atoms with Crippen LogP contribution in [-0.4, -0.2) is 88.2 Å². The molecule has 44 heavy (non-hydrogen) atoms. The maximum atomic E-state index is 14.7. The molecule has 1 unspecified atom stereocenters. The molecule has 4 aliphatic rings. The van der Waals surface area contributed by atoms with Crippen molar-refractivity contribution in [2.24, 2.45) is 11.8 Å². The lowest BCUT2D eigenvalue weighted by Crippen LogP contribution is -2.59. The van der Waals surface area contributed by atoms with Crippen molar-refractivity contribution in [2.75, 3.05) is 19.8 Å². The highest BCUT2D eigenvalue weighted by Gasteiger charge is 2.75. The summed E-state index contributed by atoms with van der Waals surface area (Å²) in [6.45, 7) is 5.77. The highest BCUT2D eigenvalue weighted by Crippen LogP contribution is 2.59. The number of nitrogens with zero attached hydrogens (tertiary/aromatic N) is 2. The molecule has 8 atom stereocenters. The highest BCUT2D eigenvalue weighted by molar-refractivity contribution is 9.11. The minimum Gasteiger partial charge on any atom is -0.463 e. The third-order valence-corrected chi connectivity index (χ3v) is 10.1. The molecule has 5 bridgehead atoms. The number of halogens is 1. The summed E-state index contributed by atoms with van der Waals surface area (Å²) in [5.41, 5.74) is -0.641. The predicted molar refractivity (Wildman–Crippen MR) is 166 cm³/mol. The summed E-state index contributed by atoms with van der Waals surface area (Å²) in [5, 5.41) is 13.4. The number of carbonyl (C=O) groups is 4. The fourth-order valence-corrected chi connectivity index (χ4v) is 7.93. The summed E-state index contributed by atoms with van der Waals surface area (Å²) in [5.74, 6) is -3.42. The molecule has 2 saturated heterocycles. The second-order valence-corrected chi connectivity index (χ2v) is 13.0. The number of hydrogen-bond acceptors (Lipinski definition) is 7. The molecule has 2 N–H and O–H groups in total. The van der Waals surface area contributed by atoms with Gasteiger partial charge in [0.25, 0.3) is 0 Å². The largest absolute Gasteiger partial charge is 0.463 e. The number of ether oxygens (including phenoxy) is 2. The van der Waals surface area contributed by atoms with Crippen LogP contribution in [0.3, 0.4) is 0 Å². The van der Waals surface area contributed by atoms with E-state index in [1.165, 1.54) is 4.90 Å². The quantitative estimate of drug-likeness (QED) is 0.336. The van der Waals surface area contributed by atoms with E-state index in [1.54, 1.807) is 11.0 Å². The molecule has 11 heteroatoms. The van der Waals surface area contributed by atoms with Crippen molar-refractivity contribution < 1.29 is 33.8 Å². The number of nitrogens with one attached hydrogen (secondary N) is 1. The first-order chi connectivity index (χ1) is 21.2. The Bertz CT molecular complexity index is 1320. The van der Waals surface area contributed by atoms with E-state index in [1.807, 2.05) is 56.3 Å². The van der Waals surface area contributed by atoms with Gasteiger partial charge in [0.05, 0.1) is 30.5 Å². The topological polar surface area (TPSA) is 125 Å². The predicted octanol–water partition coefficient (Wildman–Crippen LogP) is 3.40. The second-order valence-electron chi connectivity index (χ2n) is 12.1. The normalized spacial score (nSPS) is 33.0. The van der Waals surface area contributed by atoms with Crippen LogP contribution in [0.2, 0.25) is 0 Å². The van der Waals surface area contributed by atoms with Crippen molar-refractivity contribution >= 4 is 39.6 Å². The van der Waals surface area contributed by atoms with Crippen molar-refractivity contribution in [3.05, 3.63) is 58.6 Å². The van der Waals surface area contributed by atoms with Crippen LogP contribution in [0.5, 0.6) is 0 Å². The number of allylic oxidation sites excluding steroid dienone is 1. The van der Waals surface area contributed by atoms with Crippen molar-refractivity contribution in [1.29, 1.82) is 0 Å². The number of cyclic esters (lactones) is 1. The fourth-order valence-electron chi connectivity index (χ4n) is 7.19. The lowest BCUT2D eigenvalue weighted by atomic mass is 9.74. The molecule has 0 aliphatic carbocycles. The van der Waals surface area contributed by atoms with E-state index in [4.69, 9.17) is 9.47 Å². The van der Waals surface area contributed by atoms with E-state index in [0.29, 0.717) is 17.3 Å². The molecular formula is C33H42BrN3O7. The van der Waals surface area contributed by atoms with Gasteiger partial charge in [-0.2, -0.15) is 0 Å². The van der Waals surface area contributed by atoms with E-state index in [9.17, 15) is 24.3 Å². The zero-order chi connectivity index (χ0) is 31.6. The van der Waals surface area contributed by atoms with Crippen LogP contribution < -0.4 is 5.32 Å². The van der Waals surface area contributed by atoms with Crippen molar-refractivity contribution in [1.82, 2.24) is 15.1 Å². The van der Waals surface area contributed by atoms with E-state index >= 15 is 0 Å². The molecule has 5 rings (SSSR count). The molecule has 238 valence electrons. The maximum Gasteiger partial charge on any atom is 0.306 e. The number of fused-ring (bicyclic) bond motifs is 2. The summed E-state index contributed by atoms with van der Waals surface area (Å²) >= 11 is 3.60. The molecule has 2 fully saturated rings. The van der Waals surface area contributed by atoms with Gasteiger partial charge in [-0.05, 0) is 37.8 Å². The summed E-state index contributed by atoms with van der Waals surface area (Å²) in [6.07, 6.45) is 7.36. The molecule has 1 aromatic carbocycles. The molecule has 10 nitrogen and oxygen atoms in total. The van der Waals surface area contributed by atoms with Crippen LogP contribution in [0.25, 0.3) is 0 Å². The first kappa shape index (κ1) is 32.4. The van der Waals surface area contributed by atoms with Crippen LogP contribution in [0.1, 0.15) is 64.5 Å². The highest BCUT2D eigenvalue weighted by atomic mass is 79.9. The zero-order valence-electron chi connectivity index (χ0n) is 25.5. The molecular weight excluding hydrogens is 630 g/mol. The number of hydrogen-bond donors (Lipinski definition) is 2. The lowest BCUT2D eigenvalue weighted by Gasteiger charge is -2.40. The third kappa shape index (κ3) is 5.74. The van der Waals surface area contributed by atoms with Gasteiger partial charge in [-0.1, -0.05) is 78.7 Å². The number of aliphatic hydroxyl groups is 1. The summed E-state index contributed by atoms with van der Waals surface area (Å²) in [7, 11) is 0. The molecule has 1 spiro atoms. The number of rotatable bonds is 7. The van der Waals surface area contributed by atoms with Crippen molar-refractivity contribution in [2.45, 2.75) is 88.7 Å². The van der Waals surface area contributed by atoms with Gasteiger partial charge < -0.3 is 29.7 Å². The van der Waals surface area contributed by atoms with Gasteiger partial charge >= 0.3 is 5.97 Å². The van der Waals surface area contributed by atoms with Gasteiger partial charge in [0, 0.05) is 23.5 Å². The first-order valence-corrected chi connectivity index (χ1v) is 16.4. The van der Waals surface area contributed by atoms with E-state index in [-0.39, 0.29) is 44.0 Å². The Hall–Kier alpha value is -3.02. The standard InChI is InChI=1S/C33H42BrN3O7/c1-4-12-20(3)36-16-11-7-10-15-25(39)43-19-24(21-13-8-6-9-14-21)35-30(40)26-27-31(41)37(22(5-2)18-38)29(32(36)42)33(27)17-23(34)28(26)44-33/h6-9,11,13-14,17,20,22,24,26-29,38H,4-5,10,12,15-16,18-19H2,1-3H3,(H,35,40)/b11-7-/t20?,22-,24-,26-,27+,28-,29-,33+/m0/s1. The Morgan fingerprint density at radius 1 is 1.11 bits per heavy atom. The Morgan fingerprint density at radius 3 is 2.55 bits per heavy atom. The Balaban J connectivity index is 1.62. The Labute approximate surface area is 266 Å². The molecule has 0 saturated carbocycles. The number of esters is 1. The Morgan fingerprint density at radius 2 is 1.86 bits per heavy atom. The number of carbonyl (C=O) groups excluding carboxylic acids is 4. The molecule has 3 amide bonds. The molecule has 1 aromatic rings. The number of amides is 3. The Kier molecular flexibility index (Phi) is 9.96. The van der Waals surface area contributed by atoms with Gasteiger partial charge in [0.15, 0.2) is 0 Å². The SMILES string of the molecule is CCCC(C)N1C/C=C\CCC(=O)OC[C@@H](c2ccccc2)NC(=O)[C@@H]2[C@H]3O[C@@]4(C=C3Br)[C@H](C1=O)N([C@@H](CC)CO)C(=O)[C@@H]24. The number of likely N-dealkylation sites (tertiary alicyclic amines) is 1. The minimum atomic E-state index is -1.39. The monoisotopic (exact) mass is 671 g/mol. The second kappa shape index (κ2) is 13.5. The van der Waals surface area contributed by atoms with E-state index in [0.717, 1.165) is 18.4 Å². The van der Waals surface area contributed by atoms with Crippen LogP contribution >= 0.6 is 15.9 Å². The maximum absolute atomic E-state index is 14.7. The van der Waals surface area contributed by atoms with Crippen LogP contribution in [-0.2, 0) is 28.7 Å². The first-order valence-electron chi connectivity index (χ1n) is 15.6. The van der Waals surface area contributed by atoms with E-state index in [2.05, 4.69) is 28.2 Å². The van der Waals surface area contributed by atoms with Gasteiger partial charge in [-0.15, -0.1) is 0 Å². The van der Waals surface area contributed by atoms with Crippen LogP contribution in [0.15, 0.2) is 53.0 Å². The summed E-state index contributed by atoms with van der Waals surface area (Å²) in [6, 6.07) is 6.72. The average Bonchev–Trinajstić information content (AvgIpc) is 3.61. The van der Waals surface area contributed by atoms with Crippen molar-refractivity contribution in [3.8, 4) is 0 Å². The number of benzene rings is 1. The average molecular weight is 673 g/mol. The third-order valence-electron chi connectivity index (χ3n) is 9.41. The van der Waals surface area contributed by atoms with Gasteiger partial charge in [-0.3, -0.25) is 19.2 Å². The smallest absolute Gasteiger partial charge is 0.306 e. The van der Waals surface area contributed by atoms with E-state index < -0.39 is 53.5 Å². The van der Waals surface area contributed by atoms with Gasteiger partial charge in [0.2, 0.25) is 17.7 Å². The number of aliphatic hydroxyl groups excluding tert-OH is 1. The molecule has 0 aromatic heterocycles. The molecule has 4 aliphatic heterocycles. The lowest BCUT2D eigenvalue weighted by molar-refractivity contribution is -0.152. The fraction of sp³-hybridized carbons (Fsp3) is 0.576. The van der Waals surface area contributed by atoms with Crippen molar-refractivity contribution in [3.63, 3.8) is 0 Å². The minimum absolute atomic E-state index is 0.0741. The van der Waals surface area contributed by atoms with Crippen LogP contribution in [0, 0.1) is 11.8 Å². The van der Waals surface area contributed by atoms with Gasteiger partial charge in [-0.25, -0.2) is 0 Å².